The predicted molar refractivity (Wildman–Crippen MR) is 54.1 cm³/mol. The zero-order chi connectivity index (χ0) is 10.7. The highest BCUT2D eigenvalue weighted by molar-refractivity contribution is 4.55. The summed E-state index contributed by atoms with van der Waals surface area (Å²) in [5.41, 5.74) is 0. The molecule has 0 saturated heterocycles. The first-order valence-corrected chi connectivity index (χ1v) is 4.98. The van der Waals surface area contributed by atoms with Gasteiger partial charge >= 0.3 is 5.91 Å². The number of quaternary nitrogens is 1. The number of aliphatic hydroxyl groups is 1. The molecule has 2 unspecified atom stereocenters. The summed E-state index contributed by atoms with van der Waals surface area (Å²) in [4.78, 5) is 0. The van der Waals surface area contributed by atoms with Crippen LogP contribution in [0.2, 0.25) is 0 Å². The molecule has 0 aromatic carbocycles. The largest absolute Gasteiger partial charge is 0.319 e. The highest BCUT2D eigenvalue weighted by Crippen LogP contribution is 2.23. The predicted octanol–water partition coefficient (Wildman–Crippen LogP) is 1.56. The van der Waals surface area contributed by atoms with E-state index in [0.29, 0.717) is 10.9 Å². The van der Waals surface area contributed by atoms with Gasteiger partial charge in [0, 0.05) is 0 Å². The maximum atomic E-state index is 10.2. The molecule has 1 N–H and O–H groups in total. The molecule has 0 amide bonds. The number of hydrogen-bond donors (Lipinski definition) is 1. The minimum absolute atomic E-state index is 0.0994. The normalized spacial score (nSPS) is 19.6. The average Bonchev–Trinajstić information content (AvgIpc) is 2.02. The van der Waals surface area contributed by atoms with Crippen LogP contribution in [-0.2, 0) is 4.74 Å². The SMILES string of the molecule is CCC(C)OC(O)(CC)[N+](C)(C)C. The average molecular weight is 190 g/mol. The van der Waals surface area contributed by atoms with E-state index in [1.54, 1.807) is 0 Å². The second-order valence-electron chi connectivity index (χ2n) is 4.45. The van der Waals surface area contributed by atoms with Crippen molar-refractivity contribution >= 4 is 0 Å². The Morgan fingerprint density at radius 2 is 1.77 bits per heavy atom. The fourth-order valence-electron chi connectivity index (χ4n) is 1.12. The molecule has 0 radical (unpaired) electrons. The summed E-state index contributed by atoms with van der Waals surface area (Å²) in [6.45, 7) is 5.97. The van der Waals surface area contributed by atoms with Crippen LogP contribution >= 0.6 is 0 Å². The van der Waals surface area contributed by atoms with Crippen LogP contribution in [0.25, 0.3) is 0 Å². The van der Waals surface area contributed by atoms with E-state index in [9.17, 15) is 5.11 Å². The maximum absolute atomic E-state index is 10.2. The molecule has 0 aliphatic rings. The van der Waals surface area contributed by atoms with Crippen molar-refractivity contribution in [2.75, 3.05) is 21.1 Å². The zero-order valence-corrected chi connectivity index (χ0v) is 9.79. The fourth-order valence-corrected chi connectivity index (χ4v) is 1.12. The first-order chi connectivity index (χ1) is 5.77. The van der Waals surface area contributed by atoms with Crippen molar-refractivity contribution in [2.24, 2.45) is 0 Å². The van der Waals surface area contributed by atoms with Crippen LogP contribution in [0.1, 0.15) is 33.6 Å². The summed E-state index contributed by atoms with van der Waals surface area (Å²) in [5, 5.41) is 10.2. The molecule has 2 atom stereocenters. The summed E-state index contributed by atoms with van der Waals surface area (Å²) in [6, 6.07) is 0. The van der Waals surface area contributed by atoms with E-state index in [1.165, 1.54) is 0 Å². The summed E-state index contributed by atoms with van der Waals surface area (Å²) in [5.74, 6) is -1.06. The van der Waals surface area contributed by atoms with Gasteiger partial charge in [-0.15, -0.1) is 0 Å². The molecular formula is C10H24NO2+. The van der Waals surface area contributed by atoms with Crippen molar-refractivity contribution in [1.29, 1.82) is 0 Å². The van der Waals surface area contributed by atoms with Gasteiger partial charge in [-0.25, -0.2) is 0 Å². The standard InChI is InChI=1S/C10H24NO2/c1-7-9(3)13-10(12,8-2)11(4,5)6/h9,12H,7-8H2,1-6H3/q+1. The van der Waals surface area contributed by atoms with E-state index in [0.717, 1.165) is 6.42 Å². The van der Waals surface area contributed by atoms with Crippen molar-refractivity contribution in [2.45, 2.75) is 45.6 Å². The highest BCUT2D eigenvalue weighted by Gasteiger charge is 2.41. The summed E-state index contributed by atoms with van der Waals surface area (Å²) in [7, 11) is 5.81. The second-order valence-corrected chi connectivity index (χ2v) is 4.45. The molecule has 0 saturated carbocycles. The van der Waals surface area contributed by atoms with Gasteiger partial charge in [-0.05, 0) is 13.3 Å². The van der Waals surface area contributed by atoms with Crippen molar-refractivity contribution in [3.8, 4) is 0 Å². The van der Waals surface area contributed by atoms with Gasteiger partial charge in [0.1, 0.15) is 0 Å². The Balaban J connectivity index is 4.46. The van der Waals surface area contributed by atoms with Gasteiger partial charge in [-0.1, -0.05) is 13.8 Å². The second kappa shape index (κ2) is 4.40. The van der Waals surface area contributed by atoms with Gasteiger partial charge in [0.2, 0.25) is 0 Å². The van der Waals surface area contributed by atoms with E-state index >= 15 is 0 Å². The van der Waals surface area contributed by atoms with Crippen LogP contribution in [-0.4, -0.2) is 42.7 Å². The lowest BCUT2D eigenvalue weighted by molar-refractivity contribution is -0.981. The molecular weight excluding hydrogens is 166 g/mol. The third-order valence-electron chi connectivity index (χ3n) is 2.47. The molecule has 3 nitrogen and oxygen atoms in total. The minimum Gasteiger partial charge on any atom is -0.319 e. The molecule has 0 spiro atoms. The lowest BCUT2D eigenvalue weighted by atomic mass is 10.2. The Kier molecular flexibility index (Phi) is 4.36. The van der Waals surface area contributed by atoms with E-state index in [4.69, 9.17) is 4.74 Å². The smallest absolute Gasteiger partial charge is 0.315 e. The van der Waals surface area contributed by atoms with Crippen LogP contribution in [0.4, 0.5) is 0 Å². The molecule has 0 aliphatic heterocycles. The van der Waals surface area contributed by atoms with E-state index in [-0.39, 0.29) is 6.10 Å². The first kappa shape index (κ1) is 12.9. The van der Waals surface area contributed by atoms with Crippen molar-refractivity contribution in [1.82, 2.24) is 0 Å². The van der Waals surface area contributed by atoms with Gasteiger partial charge in [0.05, 0.1) is 33.7 Å². The first-order valence-electron chi connectivity index (χ1n) is 4.98. The van der Waals surface area contributed by atoms with Gasteiger partial charge in [-0.3, -0.25) is 4.48 Å². The van der Waals surface area contributed by atoms with Crippen LogP contribution in [0, 0.1) is 0 Å². The summed E-state index contributed by atoms with van der Waals surface area (Å²) < 4.78 is 6.04. The van der Waals surface area contributed by atoms with E-state index < -0.39 is 5.91 Å². The van der Waals surface area contributed by atoms with Crippen LogP contribution < -0.4 is 0 Å². The van der Waals surface area contributed by atoms with E-state index in [1.807, 2.05) is 35.0 Å². The quantitative estimate of drug-likeness (QED) is 0.526. The van der Waals surface area contributed by atoms with Gasteiger partial charge < -0.3 is 9.84 Å². The minimum atomic E-state index is -1.06. The molecule has 13 heavy (non-hydrogen) atoms. The lowest BCUT2D eigenvalue weighted by Crippen LogP contribution is -2.59. The molecule has 0 aliphatic carbocycles. The number of nitrogens with zero attached hydrogens (tertiary/aromatic N) is 1. The highest BCUT2D eigenvalue weighted by atomic mass is 16.7. The topological polar surface area (TPSA) is 29.5 Å². The number of rotatable bonds is 5. The zero-order valence-electron chi connectivity index (χ0n) is 9.79. The number of hydrogen-bond acceptors (Lipinski definition) is 2. The lowest BCUT2D eigenvalue weighted by Gasteiger charge is -2.41. The Bertz CT molecular complexity index is 153. The van der Waals surface area contributed by atoms with E-state index in [2.05, 4.69) is 6.92 Å². The molecule has 0 aromatic heterocycles. The van der Waals surface area contributed by atoms with Crippen LogP contribution in [0.3, 0.4) is 0 Å². The monoisotopic (exact) mass is 190 g/mol. The third-order valence-corrected chi connectivity index (χ3v) is 2.47. The van der Waals surface area contributed by atoms with Crippen molar-refractivity contribution in [3.05, 3.63) is 0 Å². The molecule has 0 bridgehead atoms. The van der Waals surface area contributed by atoms with Gasteiger partial charge in [0.15, 0.2) is 0 Å². The number of ether oxygens (including phenoxy) is 1. The van der Waals surface area contributed by atoms with Crippen LogP contribution in [0.5, 0.6) is 0 Å². The van der Waals surface area contributed by atoms with Crippen molar-refractivity contribution in [3.63, 3.8) is 0 Å². The Morgan fingerprint density at radius 1 is 1.31 bits per heavy atom. The van der Waals surface area contributed by atoms with Crippen molar-refractivity contribution < 1.29 is 14.3 Å². The summed E-state index contributed by atoms with van der Waals surface area (Å²) >= 11 is 0. The molecule has 3 heteroatoms. The Morgan fingerprint density at radius 3 is 2.00 bits per heavy atom. The molecule has 0 heterocycles. The molecule has 0 fully saturated rings. The fraction of sp³-hybridized carbons (Fsp3) is 1.00. The molecule has 0 aromatic rings. The van der Waals surface area contributed by atoms with Gasteiger partial charge in [-0.2, -0.15) is 0 Å². The molecule has 80 valence electrons. The third kappa shape index (κ3) is 3.25. The summed E-state index contributed by atoms with van der Waals surface area (Å²) in [6.07, 6.45) is 1.62. The molecule has 0 rings (SSSR count). The Hall–Kier alpha value is -0.120. The van der Waals surface area contributed by atoms with Gasteiger partial charge in [0.25, 0.3) is 0 Å². The maximum Gasteiger partial charge on any atom is 0.315 e. The van der Waals surface area contributed by atoms with Crippen LogP contribution in [0.15, 0.2) is 0 Å². The Labute approximate surface area is 81.9 Å².